The lowest BCUT2D eigenvalue weighted by Crippen LogP contribution is -2.40. The van der Waals surface area contributed by atoms with Gasteiger partial charge in [0.1, 0.15) is 5.82 Å². The molecule has 34 heavy (non-hydrogen) atoms. The van der Waals surface area contributed by atoms with Gasteiger partial charge in [0.05, 0.1) is 18.6 Å². The number of nitrogens with zero attached hydrogens (tertiary/aromatic N) is 4. The number of halogens is 2. The highest BCUT2D eigenvalue weighted by molar-refractivity contribution is 6.30. The van der Waals surface area contributed by atoms with E-state index < -0.39 is 11.2 Å². The Morgan fingerprint density at radius 3 is 2.44 bits per heavy atom. The predicted molar refractivity (Wildman–Crippen MR) is 130 cm³/mol. The van der Waals surface area contributed by atoms with Crippen LogP contribution in [0, 0.1) is 5.82 Å². The summed E-state index contributed by atoms with van der Waals surface area (Å²) < 4.78 is 18.5. The van der Waals surface area contributed by atoms with Crippen molar-refractivity contribution in [2.24, 2.45) is 0 Å². The smallest absolute Gasteiger partial charge is 0.320 e. The lowest BCUT2D eigenvalue weighted by molar-refractivity contribution is 0.598. The van der Waals surface area contributed by atoms with Gasteiger partial charge in [-0.15, -0.1) is 0 Å². The van der Waals surface area contributed by atoms with Crippen LogP contribution in [0.25, 0.3) is 16.9 Å². The number of hydrogen-bond acceptors (Lipinski definition) is 3. The highest BCUT2D eigenvalue weighted by Crippen LogP contribution is 2.18. The van der Waals surface area contributed by atoms with Crippen molar-refractivity contribution in [3.63, 3.8) is 0 Å². The topological polar surface area (TPSA) is 61.8 Å². The van der Waals surface area contributed by atoms with E-state index in [0.29, 0.717) is 22.7 Å². The zero-order valence-electron chi connectivity index (χ0n) is 18.1. The molecular weight excluding hydrogens is 455 g/mol. The first kappa shape index (κ1) is 21.9. The summed E-state index contributed by atoms with van der Waals surface area (Å²) in [7, 11) is 0. The van der Waals surface area contributed by atoms with E-state index in [1.54, 1.807) is 47.0 Å². The van der Waals surface area contributed by atoms with Gasteiger partial charge in [0.25, 0.3) is 5.56 Å². The molecule has 170 valence electrons. The van der Waals surface area contributed by atoms with E-state index in [1.165, 1.54) is 21.5 Å². The minimum atomic E-state index is -0.508. The second-order valence-corrected chi connectivity index (χ2v) is 8.36. The maximum absolute atomic E-state index is 14.3. The molecule has 0 aliphatic carbocycles. The van der Waals surface area contributed by atoms with Crippen molar-refractivity contribution < 1.29 is 4.39 Å². The molecule has 2 aromatic heterocycles. The average molecular weight is 475 g/mol. The highest BCUT2D eigenvalue weighted by atomic mass is 35.5. The second-order valence-electron chi connectivity index (χ2n) is 7.93. The van der Waals surface area contributed by atoms with Crippen LogP contribution in [0.5, 0.6) is 0 Å². The molecule has 5 aromatic rings. The van der Waals surface area contributed by atoms with Gasteiger partial charge >= 0.3 is 5.69 Å². The van der Waals surface area contributed by atoms with E-state index >= 15 is 0 Å². The number of hydrogen-bond donors (Lipinski definition) is 0. The van der Waals surface area contributed by atoms with Crippen molar-refractivity contribution in [2.75, 3.05) is 0 Å². The summed E-state index contributed by atoms with van der Waals surface area (Å²) >= 11 is 6.19. The van der Waals surface area contributed by atoms with Crippen molar-refractivity contribution in [2.45, 2.75) is 19.5 Å². The third-order valence-electron chi connectivity index (χ3n) is 5.73. The fourth-order valence-electron chi connectivity index (χ4n) is 4.04. The summed E-state index contributed by atoms with van der Waals surface area (Å²) in [6.07, 6.45) is 1.96. The molecule has 6 nitrogen and oxygen atoms in total. The van der Waals surface area contributed by atoms with Crippen molar-refractivity contribution in [3.05, 3.63) is 128 Å². The van der Waals surface area contributed by atoms with E-state index in [2.05, 4.69) is 4.98 Å². The minimum Gasteiger partial charge on any atom is -0.320 e. The van der Waals surface area contributed by atoms with Crippen molar-refractivity contribution in [1.29, 1.82) is 0 Å². The Hall–Kier alpha value is -3.97. The highest BCUT2D eigenvalue weighted by Gasteiger charge is 2.20. The molecular formula is C26H20ClFN4O2. The Morgan fingerprint density at radius 2 is 1.68 bits per heavy atom. The molecule has 0 unspecified atom stereocenters. The maximum Gasteiger partial charge on any atom is 0.337 e. The summed E-state index contributed by atoms with van der Waals surface area (Å²) in [6, 6.07) is 22.8. The van der Waals surface area contributed by atoms with E-state index in [4.69, 9.17) is 11.6 Å². The zero-order chi connectivity index (χ0) is 23.7. The van der Waals surface area contributed by atoms with Gasteiger partial charge in [-0.1, -0.05) is 66.2 Å². The largest absolute Gasteiger partial charge is 0.337 e. The molecule has 0 saturated heterocycles. The number of aromatic nitrogens is 4. The third kappa shape index (κ3) is 4.06. The summed E-state index contributed by atoms with van der Waals surface area (Å²) in [4.78, 5) is 31.5. The van der Waals surface area contributed by atoms with Crippen LogP contribution < -0.4 is 11.2 Å². The zero-order valence-corrected chi connectivity index (χ0v) is 18.8. The number of fused-ring (bicyclic) bond motifs is 1. The van der Waals surface area contributed by atoms with Gasteiger partial charge in [0, 0.05) is 17.1 Å². The second kappa shape index (κ2) is 9.11. The molecule has 0 aliphatic rings. The number of benzene rings is 3. The SMILES string of the molecule is O=c1c2c(ncn2Cc2ccccc2F)n(-c2cccc(Cl)c2)c(=O)n1CCc1ccccc1. The van der Waals surface area contributed by atoms with Gasteiger partial charge in [-0.2, -0.15) is 0 Å². The average Bonchev–Trinajstić information content (AvgIpc) is 3.24. The van der Waals surface area contributed by atoms with E-state index in [0.717, 1.165) is 5.56 Å². The van der Waals surface area contributed by atoms with Crippen LogP contribution in [0.1, 0.15) is 11.1 Å². The Balaban J connectivity index is 1.71. The van der Waals surface area contributed by atoms with Crippen LogP contribution in [-0.4, -0.2) is 18.7 Å². The Morgan fingerprint density at radius 1 is 0.912 bits per heavy atom. The molecule has 0 amide bonds. The van der Waals surface area contributed by atoms with E-state index in [-0.39, 0.29) is 30.1 Å². The summed E-state index contributed by atoms with van der Waals surface area (Å²) in [5.74, 6) is -0.378. The van der Waals surface area contributed by atoms with Gasteiger partial charge in [0.15, 0.2) is 11.2 Å². The molecule has 0 radical (unpaired) electrons. The van der Waals surface area contributed by atoms with Gasteiger partial charge in [-0.3, -0.25) is 9.36 Å². The summed E-state index contributed by atoms with van der Waals surface area (Å²) in [5.41, 5.74) is 1.35. The Kier molecular flexibility index (Phi) is 5.86. The van der Waals surface area contributed by atoms with E-state index in [9.17, 15) is 14.0 Å². The number of aryl methyl sites for hydroxylation is 1. The lowest BCUT2D eigenvalue weighted by Gasteiger charge is -2.13. The first-order valence-electron chi connectivity index (χ1n) is 10.8. The standard InChI is InChI=1S/C26H20ClFN4O2/c27-20-10-6-11-21(15-20)32-24-23(30(17-29-24)16-19-9-4-5-12-22(19)28)25(33)31(26(32)34)14-13-18-7-2-1-3-8-18/h1-12,15,17H,13-14,16H2. The van der Waals surface area contributed by atoms with Crippen LogP contribution in [0.3, 0.4) is 0 Å². The molecule has 2 heterocycles. The van der Waals surface area contributed by atoms with Crippen LogP contribution >= 0.6 is 11.6 Å². The predicted octanol–water partition coefficient (Wildman–Crippen LogP) is 4.43. The van der Waals surface area contributed by atoms with Crippen LogP contribution in [0.4, 0.5) is 4.39 Å². The molecule has 0 saturated carbocycles. The molecule has 3 aromatic carbocycles. The quantitative estimate of drug-likeness (QED) is 0.366. The monoisotopic (exact) mass is 474 g/mol. The van der Waals surface area contributed by atoms with Crippen molar-refractivity contribution in [3.8, 4) is 5.69 Å². The van der Waals surface area contributed by atoms with Crippen molar-refractivity contribution >= 4 is 22.8 Å². The van der Waals surface area contributed by atoms with Crippen LogP contribution in [-0.2, 0) is 19.5 Å². The van der Waals surface area contributed by atoms with Crippen molar-refractivity contribution in [1.82, 2.24) is 18.7 Å². The van der Waals surface area contributed by atoms with Crippen LogP contribution in [0.2, 0.25) is 5.02 Å². The Labute approximate surface area is 199 Å². The molecule has 0 spiro atoms. The summed E-state index contributed by atoms with van der Waals surface area (Å²) in [6.45, 7) is 0.286. The fourth-order valence-corrected chi connectivity index (χ4v) is 4.23. The van der Waals surface area contributed by atoms with Crippen LogP contribution in [0.15, 0.2) is 94.8 Å². The Bertz CT molecular complexity index is 1610. The first-order chi connectivity index (χ1) is 16.5. The third-order valence-corrected chi connectivity index (χ3v) is 5.97. The molecule has 8 heteroatoms. The number of imidazole rings is 1. The van der Waals surface area contributed by atoms with E-state index in [1.807, 2.05) is 30.3 Å². The maximum atomic E-state index is 14.3. The number of rotatable bonds is 6. The molecule has 5 rings (SSSR count). The molecule has 0 N–H and O–H groups in total. The van der Waals surface area contributed by atoms with Gasteiger partial charge < -0.3 is 4.57 Å². The normalized spacial score (nSPS) is 11.2. The molecule has 0 atom stereocenters. The fraction of sp³-hybridized carbons (Fsp3) is 0.115. The van der Waals surface area contributed by atoms with Gasteiger partial charge in [-0.05, 0) is 36.2 Å². The first-order valence-corrected chi connectivity index (χ1v) is 11.1. The lowest BCUT2D eigenvalue weighted by atomic mass is 10.1. The molecule has 0 aliphatic heterocycles. The minimum absolute atomic E-state index is 0.102. The summed E-state index contributed by atoms with van der Waals surface area (Å²) in [5, 5.41) is 0.449. The van der Waals surface area contributed by atoms with Gasteiger partial charge in [-0.25, -0.2) is 18.7 Å². The molecule has 0 bridgehead atoms. The molecule has 0 fully saturated rings. The van der Waals surface area contributed by atoms with Gasteiger partial charge in [0.2, 0.25) is 0 Å².